The molecule has 1 aliphatic rings. The Balaban J connectivity index is 2.58. The second-order valence-corrected chi connectivity index (χ2v) is 6.02. The van der Waals surface area contributed by atoms with Crippen LogP contribution in [0.3, 0.4) is 0 Å². The zero-order valence-electron chi connectivity index (χ0n) is 12.1. The van der Waals surface area contributed by atoms with Crippen molar-refractivity contribution in [2.75, 3.05) is 0 Å². The minimum atomic E-state index is -0.232. The number of hydrogen-bond acceptors (Lipinski definition) is 2. The highest BCUT2D eigenvalue weighted by atomic mass is 16.7. The van der Waals surface area contributed by atoms with Gasteiger partial charge in [0.1, 0.15) is 0 Å². The Morgan fingerprint density at radius 2 is 1.65 bits per heavy atom. The summed E-state index contributed by atoms with van der Waals surface area (Å²) >= 11 is 0. The molecular weight excluding hydrogens is 211 g/mol. The predicted octanol–water partition coefficient (Wildman–Crippen LogP) is 4.22. The van der Waals surface area contributed by atoms with Gasteiger partial charge in [0.2, 0.25) is 0 Å². The fraction of sp³-hybridized carbons (Fsp3) is 0.857. The SMILES string of the molecule is C=C[C@H](CCCCC)B1OC(C)(C)C(C)(C)O1. The fourth-order valence-corrected chi connectivity index (χ4v) is 2.06. The van der Waals surface area contributed by atoms with E-state index < -0.39 is 0 Å². The predicted molar refractivity (Wildman–Crippen MR) is 74.2 cm³/mol. The quantitative estimate of drug-likeness (QED) is 0.392. The molecule has 0 aliphatic carbocycles. The number of unbranched alkanes of at least 4 members (excludes halogenated alkanes) is 2. The number of hydrogen-bond donors (Lipinski definition) is 0. The van der Waals surface area contributed by atoms with Gasteiger partial charge in [0.15, 0.2) is 0 Å². The summed E-state index contributed by atoms with van der Waals surface area (Å²) in [7, 11) is -0.130. The number of rotatable bonds is 6. The lowest BCUT2D eigenvalue weighted by Crippen LogP contribution is -2.41. The lowest BCUT2D eigenvalue weighted by atomic mass is 9.69. The summed E-state index contributed by atoms with van der Waals surface area (Å²) < 4.78 is 12.1. The first-order chi connectivity index (χ1) is 7.84. The molecule has 1 rings (SSSR count). The summed E-state index contributed by atoms with van der Waals surface area (Å²) in [6.45, 7) is 14.5. The van der Waals surface area contributed by atoms with E-state index in [-0.39, 0.29) is 18.3 Å². The highest BCUT2D eigenvalue weighted by molar-refractivity contribution is 6.48. The van der Waals surface area contributed by atoms with Crippen LogP contribution in [0, 0.1) is 0 Å². The molecule has 0 radical (unpaired) electrons. The van der Waals surface area contributed by atoms with Gasteiger partial charge < -0.3 is 9.31 Å². The molecule has 0 aromatic carbocycles. The third kappa shape index (κ3) is 3.35. The van der Waals surface area contributed by atoms with Crippen LogP contribution in [0.5, 0.6) is 0 Å². The first-order valence-electron chi connectivity index (χ1n) is 6.82. The van der Waals surface area contributed by atoms with Crippen LogP contribution in [0.4, 0.5) is 0 Å². The Bertz CT molecular complexity index is 245. The van der Waals surface area contributed by atoms with Gasteiger partial charge >= 0.3 is 7.12 Å². The highest BCUT2D eigenvalue weighted by Gasteiger charge is 2.52. The molecule has 98 valence electrons. The molecule has 0 amide bonds. The zero-order valence-corrected chi connectivity index (χ0v) is 12.1. The van der Waals surface area contributed by atoms with E-state index in [4.69, 9.17) is 9.31 Å². The van der Waals surface area contributed by atoms with E-state index in [2.05, 4.69) is 41.2 Å². The fourth-order valence-electron chi connectivity index (χ4n) is 2.06. The minimum absolute atomic E-state index is 0.130. The smallest absolute Gasteiger partial charge is 0.403 e. The van der Waals surface area contributed by atoms with Crippen molar-refractivity contribution in [2.24, 2.45) is 0 Å². The van der Waals surface area contributed by atoms with Crippen molar-refractivity contribution in [1.82, 2.24) is 0 Å². The van der Waals surface area contributed by atoms with Gasteiger partial charge in [-0.15, -0.1) is 6.58 Å². The van der Waals surface area contributed by atoms with Crippen LogP contribution < -0.4 is 0 Å². The maximum absolute atomic E-state index is 6.05. The van der Waals surface area contributed by atoms with Gasteiger partial charge in [-0.2, -0.15) is 0 Å². The Kier molecular flexibility index (Phi) is 4.85. The molecule has 1 saturated heterocycles. The van der Waals surface area contributed by atoms with E-state index in [0.29, 0.717) is 5.82 Å². The van der Waals surface area contributed by atoms with E-state index in [1.54, 1.807) is 0 Å². The van der Waals surface area contributed by atoms with Crippen molar-refractivity contribution < 1.29 is 9.31 Å². The van der Waals surface area contributed by atoms with Gasteiger partial charge in [0.05, 0.1) is 11.2 Å². The molecule has 3 heteroatoms. The standard InChI is InChI=1S/C14H27BO2/c1-7-9-10-11-12(8-2)15-16-13(3,4)14(5,6)17-15/h8,12H,2,7,9-11H2,1,3-6H3/t12-/m1/s1. The molecular formula is C14H27BO2. The molecule has 1 atom stereocenters. The van der Waals surface area contributed by atoms with Crippen LogP contribution in [0.1, 0.15) is 60.3 Å². The van der Waals surface area contributed by atoms with Crippen LogP contribution in [-0.4, -0.2) is 18.3 Å². The monoisotopic (exact) mass is 238 g/mol. The van der Waals surface area contributed by atoms with Gasteiger partial charge in [-0.25, -0.2) is 0 Å². The first kappa shape index (κ1) is 14.8. The summed E-state index contributed by atoms with van der Waals surface area (Å²) in [5, 5.41) is 0. The van der Waals surface area contributed by atoms with Crippen molar-refractivity contribution in [3.63, 3.8) is 0 Å². The molecule has 1 heterocycles. The summed E-state index contributed by atoms with van der Waals surface area (Å²) in [4.78, 5) is 0. The average Bonchev–Trinajstić information content (AvgIpc) is 2.43. The molecule has 1 aliphatic heterocycles. The molecule has 0 N–H and O–H groups in total. The van der Waals surface area contributed by atoms with Gasteiger partial charge in [0.25, 0.3) is 0 Å². The molecule has 0 unspecified atom stereocenters. The van der Waals surface area contributed by atoms with E-state index in [1.165, 1.54) is 19.3 Å². The molecule has 1 fully saturated rings. The van der Waals surface area contributed by atoms with E-state index in [1.807, 2.05) is 6.08 Å². The second-order valence-electron chi connectivity index (χ2n) is 6.02. The molecule has 0 aromatic heterocycles. The molecule has 0 spiro atoms. The molecule has 0 aromatic rings. The summed E-state index contributed by atoms with van der Waals surface area (Å²) in [6.07, 6.45) is 6.82. The van der Waals surface area contributed by atoms with Crippen molar-refractivity contribution in [3.05, 3.63) is 12.7 Å². The molecule has 0 saturated carbocycles. The van der Waals surface area contributed by atoms with Crippen molar-refractivity contribution >= 4 is 7.12 Å². The van der Waals surface area contributed by atoms with Crippen molar-refractivity contribution in [1.29, 1.82) is 0 Å². The normalized spacial score (nSPS) is 23.7. The van der Waals surface area contributed by atoms with Crippen LogP contribution in [0.2, 0.25) is 5.82 Å². The lowest BCUT2D eigenvalue weighted by Gasteiger charge is -2.32. The van der Waals surface area contributed by atoms with Crippen LogP contribution in [-0.2, 0) is 9.31 Å². The van der Waals surface area contributed by atoms with Crippen LogP contribution >= 0.6 is 0 Å². The minimum Gasteiger partial charge on any atom is -0.403 e. The molecule has 17 heavy (non-hydrogen) atoms. The van der Waals surface area contributed by atoms with Gasteiger partial charge in [-0.1, -0.05) is 32.3 Å². The van der Waals surface area contributed by atoms with Crippen molar-refractivity contribution in [3.8, 4) is 0 Å². The third-order valence-electron chi connectivity index (χ3n) is 4.06. The Morgan fingerprint density at radius 1 is 1.12 bits per heavy atom. The van der Waals surface area contributed by atoms with Crippen LogP contribution in [0.25, 0.3) is 0 Å². The topological polar surface area (TPSA) is 18.5 Å². The largest absolute Gasteiger partial charge is 0.465 e. The molecule has 0 bridgehead atoms. The maximum Gasteiger partial charge on any atom is 0.465 e. The summed E-state index contributed by atoms with van der Waals surface area (Å²) in [6, 6.07) is 0. The van der Waals surface area contributed by atoms with E-state index in [0.717, 1.165) is 6.42 Å². The maximum atomic E-state index is 6.05. The van der Waals surface area contributed by atoms with Gasteiger partial charge in [-0.3, -0.25) is 0 Å². The van der Waals surface area contributed by atoms with E-state index in [9.17, 15) is 0 Å². The van der Waals surface area contributed by atoms with Gasteiger partial charge in [-0.05, 0) is 34.1 Å². The Morgan fingerprint density at radius 3 is 2.06 bits per heavy atom. The highest BCUT2D eigenvalue weighted by Crippen LogP contribution is 2.41. The summed E-state index contributed by atoms with van der Waals surface area (Å²) in [5.74, 6) is 0.308. The third-order valence-corrected chi connectivity index (χ3v) is 4.06. The second kappa shape index (κ2) is 5.58. The Hall–Kier alpha value is -0.275. The average molecular weight is 238 g/mol. The van der Waals surface area contributed by atoms with Crippen molar-refractivity contribution in [2.45, 2.75) is 77.3 Å². The molecule has 2 nitrogen and oxygen atoms in total. The zero-order chi connectivity index (χ0) is 13.1. The lowest BCUT2D eigenvalue weighted by molar-refractivity contribution is 0.00578. The summed E-state index contributed by atoms with van der Waals surface area (Å²) in [5.41, 5.74) is -0.465. The first-order valence-corrected chi connectivity index (χ1v) is 6.82. The van der Waals surface area contributed by atoms with Crippen LogP contribution in [0.15, 0.2) is 12.7 Å². The van der Waals surface area contributed by atoms with Gasteiger partial charge in [0, 0.05) is 5.82 Å². The Labute approximate surface area is 107 Å². The van der Waals surface area contributed by atoms with E-state index >= 15 is 0 Å². The number of allylic oxidation sites excluding steroid dienone is 1.